The molecular formula is C20H20N4O2. The van der Waals surface area contributed by atoms with Crippen molar-refractivity contribution in [3.05, 3.63) is 60.6 Å². The van der Waals surface area contributed by atoms with Crippen LogP contribution in [0.3, 0.4) is 0 Å². The monoisotopic (exact) mass is 348 g/mol. The molecule has 2 N–H and O–H groups in total. The zero-order chi connectivity index (χ0) is 18.1. The largest absolute Gasteiger partial charge is 0.388 e. The Balaban J connectivity index is 1.58. The molecule has 1 aromatic carbocycles. The maximum Gasteiger partial charge on any atom is 0.274 e. The Morgan fingerprint density at radius 2 is 2.04 bits per heavy atom. The number of aliphatic hydroxyl groups is 1. The van der Waals surface area contributed by atoms with Gasteiger partial charge in [0.25, 0.3) is 5.91 Å². The third-order valence-electron chi connectivity index (χ3n) is 4.67. The van der Waals surface area contributed by atoms with Crippen molar-refractivity contribution in [1.82, 2.24) is 9.97 Å². The van der Waals surface area contributed by atoms with Gasteiger partial charge in [-0.15, -0.1) is 0 Å². The van der Waals surface area contributed by atoms with E-state index in [1.165, 1.54) is 0 Å². The molecule has 1 saturated heterocycles. The summed E-state index contributed by atoms with van der Waals surface area (Å²) >= 11 is 0. The Morgan fingerprint density at radius 3 is 2.85 bits per heavy atom. The van der Waals surface area contributed by atoms with Gasteiger partial charge in [0.2, 0.25) is 0 Å². The van der Waals surface area contributed by atoms with Crippen LogP contribution in [-0.2, 0) is 0 Å². The number of pyridine rings is 2. The zero-order valence-corrected chi connectivity index (χ0v) is 14.5. The predicted octanol–water partition coefficient (Wildman–Crippen LogP) is 2.84. The molecule has 3 heterocycles. The molecule has 1 fully saturated rings. The van der Waals surface area contributed by atoms with Crippen molar-refractivity contribution in [3.8, 4) is 0 Å². The topological polar surface area (TPSA) is 78.3 Å². The minimum Gasteiger partial charge on any atom is -0.388 e. The molecule has 0 bridgehead atoms. The highest BCUT2D eigenvalue weighted by Gasteiger charge is 2.31. The first-order chi connectivity index (χ1) is 12.5. The highest BCUT2D eigenvalue weighted by molar-refractivity contribution is 6.07. The fourth-order valence-electron chi connectivity index (χ4n) is 3.30. The third-order valence-corrected chi connectivity index (χ3v) is 4.67. The summed E-state index contributed by atoms with van der Waals surface area (Å²) in [7, 11) is 0. The van der Waals surface area contributed by atoms with Crippen LogP contribution in [-0.4, -0.2) is 39.7 Å². The predicted molar refractivity (Wildman–Crippen MR) is 101 cm³/mol. The van der Waals surface area contributed by atoms with Crippen LogP contribution in [0.1, 0.15) is 23.8 Å². The second-order valence-corrected chi connectivity index (χ2v) is 6.90. The van der Waals surface area contributed by atoms with Crippen molar-refractivity contribution >= 4 is 28.2 Å². The van der Waals surface area contributed by atoms with E-state index in [0.29, 0.717) is 24.3 Å². The Bertz CT molecular complexity index is 965. The molecule has 4 rings (SSSR count). The van der Waals surface area contributed by atoms with Crippen LogP contribution in [0.5, 0.6) is 0 Å². The van der Waals surface area contributed by atoms with Crippen molar-refractivity contribution in [2.24, 2.45) is 0 Å². The summed E-state index contributed by atoms with van der Waals surface area (Å²) in [6, 6.07) is 13.1. The normalized spacial score (nSPS) is 19.7. The van der Waals surface area contributed by atoms with Crippen LogP contribution in [0.25, 0.3) is 10.9 Å². The van der Waals surface area contributed by atoms with Gasteiger partial charge in [0.1, 0.15) is 5.69 Å². The van der Waals surface area contributed by atoms with E-state index in [-0.39, 0.29) is 5.91 Å². The van der Waals surface area contributed by atoms with E-state index >= 15 is 0 Å². The summed E-state index contributed by atoms with van der Waals surface area (Å²) in [6.45, 7) is 3.13. The highest BCUT2D eigenvalue weighted by atomic mass is 16.3. The lowest BCUT2D eigenvalue weighted by atomic mass is 10.1. The smallest absolute Gasteiger partial charge is 0.274 e. The number of nitrogens with zero attached hydrogens (tertiary/aromatic N) is 3. The number of aromatic nitrogens is 2. The quantitative estimate of drug-likeness (QED) is 0.761. The number of amides is 1. The molecule has 1 aliphatic rings. The standard InChI is InChI=1S/C20H20N4O2/c1-20(26)8-11-24(13-20)15-7-10-21-17(12-15)19(25)23-16-6-2-4-14-5-3-9-22-18(14)16/h2-7,9-10,12,26H,8,11,13H2,1H3,(H,23,25). The Morgan fingerprint density at radius 1 is 1.19 bits per heavy atom. The van der Waals surface area contributed by atoms with Crippen molar-refractivity contribution < 1.29 is 9.90 Å². The van der Waals surface area contributed by atoms with Gasteiger partial charge < -0.3 is 15.3 Å². The minimum absolute atomic E-state index is 0.282. The summed E-state index contributed by atoms with van der Waals surface area (Å²) < 4.78 is 0. The maximum absolute atomic E-state index is 12.7. The fourth-order valence-corrected chi connectivity index (χ4v) is 3.30. The first-order valence-corrected chi connectivity index (χ1v) is 8.60. The molecule has 3 aromatic rings. The molecule has 1 unspecified atom stereocenters. The zero-order valence-electron chi connectivity index (χ0n) is 14.5. The van der Waals surface area contributed by atoms with Gasteiger partial charge in [-0.3, -0.25) is 14.8 Å². The molecule has 26 heavy (non-hydrogen) atoms. The lowest BCUT2D eigenvalue weighted by molar-refractivity contribution is 0.0839. The van der Waals surface area contributed by atoms with Crippen LogP contribution in [0.2, 0.25) is 0 Å². The number of hydrogen-bond acceptors (Lipinski definition) is 5. The van der Waals surface area contributed by atoms with Gasteiger partial charge in [-0.25, -0.2) is 0 Å². The third kappa shape index (κ3) is 3.23. The average molecular weight is 348 g/mol. The number of carbonyl (C=O) groups is 1. The molecule has 0 aliphatic carbocycles. The molecule has 1 aliphatic heterocycles. The number of β-amino-alcohol motifs (C(OH)–C–C–N with tert-alkyl or cyclic N) is 1. The van der Waals surface area contributed by atoms with E-state index in [9.17, 15) is 9.90 Å². The lowest BCUT2D eigenvalue weighted by Crippen LogP contribution is -2.29. The molecule has 0 radical (unpaired) electrons. The molecule has 0 spiro atoms. The molecule has 6 nitrogen and oxygen atoms in total. The molecule has 132 valence electrons. The van der Waals surface area contributed by atoms with Crippen LogP contribution >= 0.6 is 0 Å². The molecule has 1 atom stereocenters. The minimum atomic E-state index is -0.694. The van der Waals surface area contributed by atoms with Crippen molar-refractivity contribution in [1.29, 1.82) is 0 Å². The summed E-state index contributed by atoms with van der Waals surface area (Å²) in [5.41, 5.74) is 1.93. The van der Waals surface area contributed by atoms with E-state index in [0.717, 1.165) is 23.1 Å². The van der Waals surface area contributed by atoms with E-state index < -0.39 is 5.60 Å². The van der Waals surface area contributed by atoms with E-state index in [2.05, 4.69) is 20.2 Å². The molecular weight excluding hydrogens is 328 g/mol. The van der Waals surface area contributed by atoms with E-state index in [1.807, 2.05) is 43.3 Å². The number of fused-ring (bicyclic) bond motifs is 1. The summed E-state index contributed by atoms with van der Waals surface area (Å²) in [4.78, 5) is 23.3. The Labute approximate surface area is 151 Å². The Kier molecular flexibility index (Phi) is 4.05. The summed E-state index contributed by atoms with van der Waals surface area (Å²) in [5.74, 6) is -0.282. The van der Waals surface area contributed by atoms with Gasteiger partial charge >= 0.3 is 0 Å². The van der Waals surface area contributed by atoms with E-state index in [1.54, 1.807) is 18.5 Å². The second kappa shape index (κ2) is 6.38. The molecule has 1 amide bonds. The van der Waals surface area contributed by atoms with Crippen LogP contribution in [0, 0.1) is 0 Å². The first-order valence-electron chi connectivity index (χ1n) is 8.60. The summed E-state index contributed by atoms with van der Waals surface area (Å²) in [6.07, 6.45) is 4.04. The van der Waals surface area contributed by atoms with Crippen molar-refractivity contribution in [3.63, 3.8) is 0 Å². The molecule has 0 saturated carbocycles. The van der Waals surface area contributed by atoms with Crippen molar-refractivity contribution in [2.75, 3.05) is 23.3 Å². The number of hydrogen-bond donors (Lipinski definition) is 2. The molecule has 2 aromatic heterocycles. The van der Waals surface area contributed by atoms with E-state index in [4.69, 9.17) is 0 Å². The van der Waals surface area contributed by atoms with Crippen LogP contribution in [0.15, 0.2) is 54.9 Å². The van der Waals surface area contributed by atoms with Gasteiger partial charge in [0, 0.05) is 36.6 Å². The SMILES string of the molecule is CC1(O)CCN(c2ccnc(C(=O)Nc3cccc4cccnc34)c2)C1. The van der Waals surface area contributed by atoms with Gasteiger partial charge in [0.15, 0.2) is 0 Å². The number of anilines is 2. The van der Waals surface area contributed by atoms with Gasteiger partial charge in [-0.1, -0.05) is 18.2 Å². The number of nitrogens with one attached hydrogen (secondary N) is 1. The molecule has 6 heteroatoms. The van der Waals surface area contributed by atoms with Gasteiger partial charge in [-0.2, -0.15) is 0 Å². The van der Waals surface area contributed by atoms with Gasteiger partial charge in [0.05, 0.1) is 16.8 Å². The second-order valence-electron chi connectivity index (χ2n) is 6.90. The number of benzene rings is 1. The number of carbonyl (C=O) groups excluding carboxylic acids is 1. The first kappa shape index (κ1) is 16.5. The highest BCUT2D eigenvalue weighted by Crippen LogP contribution is 2.27. The van der Waals surface area contributed by atoms with Crippen molar-refractivity contribution in [2.45, 2.75) is 18.9 Å². The lowest BCUT2D eigenvalue weighted by Gasteiger charge is -2.21. The van der Waals surface area contributed by atoms with Crippen LogP contribution < -0.4 is 10.2 Å². The fraction of sp³-hybridized carbons (Fsp3) is 0.250. The number of para-hydroxylation sites is 1. The average Bonchev–Trinajstić information content (AvgIpc) is 3.02. The Hall–Kier alpha value is -2.99. The maximum atomic E-state index is 12.7. The summed E-state index contributed by atoms with van der Waals surface area (Å²) in [5, 5.41) is 14.0. The van der Waals surface area contributed by atoms with Crippen LogP contribution in [0.4, 0.5) is 11.4 Å². The number of rotatable bonds is 3. The van der Waals surface area contributed by atoms with Gasteiger partial charge in [-0.05, 0) is 37.6 Å².